The summed E-state index contributed by atoms with van der Waals surface area (Å²) in [5.41, 5.74) is 1.73. The number of aryl methyl sites for hydroxylation is 1. The van der Waals surface area contributed by atoms with Crippen molar-refractivity contribution in [2.24, 2.45) is 0 Å². The molecule has 0 radical (unpaired) electrons. The number of aromatic carboxylic acids is 1. The Morgan fingerprint density at radius 1 is 0.800 bits per heavy atom. The van der Waals surface area contributed by atoms with E-state index in [2.05, 4.69) is 10.6 Å². The van der Waals surface area contributed by atoms with E-state index in [9.17, 15) is 19.5 Å². The average molecular weight is 403 g/mol. The van der Waals surface area contributed by atoms with Gasteiger partial charge in [-0.2, -0.15) is 0 Å². The topological polar surface area (TPSA) is 108 Å². The van der Waals surface area contributed by atoms with Gasteiger partial charge < -0.3 is 25.3 Å². The van der Waals surface area contributed by atoms with Gasteiger partial charge in [-0.15, -0.1) is 0 Å². The maximum Gasteiger partial charge on any atom is 0.262 e. The Hall–Kier alpha value is -4.13. The van der Waals surface area contributed by atoms with Crippen LogP contribution in [0.4, 0.5) is 11.4 Å². The standard InChI is InChI=1S/C23H20N2O5/c1-15-6-2-5-9-20(15)30-14-21(26)24-16-10-12-17(13-11-16)25-22(27)18-7-3-4-8-19(18)23(28)29/h2-13H,14H2,1H3,(H,24,26)(H,25,27)(H,28,29)/p-1. The minimum absolute atomic E-state index is 0.00299. The minimum atomic E-state index is -1.42. The molecule has 0 bridgehead atoms. The first-order valence-electron chi connectivity index (χ1n) is 9.14. The van der Waals surface area contributed by atoms with Crippen LogP contribution >= 0.6 is 0 Å². The molecule has 0 aliphatic heterocycles. The number of nitrogens with one attached hydrogen (secondary N) is 2. The van der Waals surface area contributed by atoms with Gasteiger partial charge in [-0.1, -0.05) is 36.4 Å². The molecule has 3 rings (SSSR count). The number of rotatable bonds is 7. The quantitative estimate of drug-likeness (QED) is 0.631. The third-order valence-corrected chi connectivity index (χ3v) is 4.27. The number of carbonyl (C=O) groups is 3. The molecule has 0 aliphatic carbocycles. The van der Waals surface area contributed by atoms with Gasteiger partial charge in [-0.25, -0.2) is 0 Å². The molecule has 2 amide bonds. The Balaban J connectivity index is 1.57. The highest BCUT2D eigenvalue weighted by atomic mass is 16.5. The lowest BCUT2D eigenvalue weighted by Crippen LogP contribution is -2.26. The third-order valence-electron chi connectivity index (χ3n) is 4.27. The van der Waals surface area contributed by atoms with Crippen LogP contribution in [0, 0.1) is 6.92 Å². The van der Waals surface area contributed by atoms with Gasteiger partial charge in [0.2, 0.25) is 0 Å². The molecule has 152 valence electrons. The summed E-state index contributed by atoms with van der Waals surface area (Å²) in [4.78, 5) is 35.6. The van der Waals surface area contributed by atoms with Crippen molar-refractivity contribution in [2.75, 3.05) is 17.2 Å². The number of para-hydroxylation sites is 1. The second-order valence-corrected chi connectivity index (χ2v) is 6.47. The molecule has 0 aliphatic rings. The number of amides is 2. The molecule has 0 spiro atoms. The lowest BCUT2D eigenvalue weighted by Gasteiger charge is -2.12. The van der Waals surface area contributed by atoms with E-state index in [4.69, 9.17) is 4.74 Å². The van der Waals surface area contributed by atoms with E-state index >= 15 is 0 Å². The molecule has 0 heterocycles. The molecular formula is C23H19N2O5-. The molecule has 2 N–H and O–H groups in total. The second kappa shape index (κ2) is 9.38. The molecular weight excluding hydrogens is 384 g/mol. The first-order valence-corrected chi connectivity index (χ1v) is 9.14. The number of benzene rings is 3. The first kappa shape index (κ1) is 20.6. The molecule has 30 heavy (non-hydrogen) atoms. The van der Waals surface area contributed by atoms with Crippen molar-refractivity contribution in [3.8, 4) is 5.75 Å². The Morgan fingerprint density at radius 3 is 2.00 bits per heavy atom. The molecule has 3 aromatic carbocycles. The van der Waals surface area contributed by atoms with E-state index in [-0.39, 0.29) is 23.6 Å². The van der Waals surface area contributed by atoms with Crippen LogP contribution < -0.4 is 20.5 Å². The third kappa shape index (κ3) is 5.23. The van der Waals surface area contributed by atoms with Crippen LogP contribution in [0.15, 0.2) is 72.8 Å². The molecule has 0 unspecified atom stereocenters. The fourth-order valence-corrected chi connectivity index (χ4v) is 2.75. The van der Waals surface area contributed by atoms with Crippen LogP contribution in [-0.2, 0) is 4.79 Å². The Kier molecular flexibility index (Phi) is 6.44. The summed E-state index contributed by atoms with van der Waals surface area (Å²) in [5, 5.41) is 16.5. The van der Waals surface area contributed by atoms with Crippen LogP contribution in [-0.4, -0.2) is 24.4 Å². The zero-order valence-electron chi connectivity index (χ0n) is 16.2. The maximum atomic E-state index is 12.4. The molecule has 3 aromatic rings. The van der Waals surface area contributed by atoms with E-state index in [0.717, 1.165) is 5.56 Å². The van der Waals surface area contributed by atoms with Crippen molar-refractivity contribution in [3.05, 3.63) is 89.5 Å². The number of carboxylic acid groups (broad SMARTS) is 1. The second-order valence-electron chi connectivity index (χ2n) is 6.47. The van der Waals surface area contributed by atoms with Crippen LogP contribution in [0.5, 0.6) is 5.75 Å². The highest BCUT2D eigenvalue weighted by Gasteiger charge is 2.12. The zero-order chi connectivity index (χ0) is 21.5. The molecule has 0 fully saturated rings. The summed E-state index contributed by atoms with van der Waals surface area (Å²) in [6.45, 7) is 1.76. The summed E-state index contributed by atoms with van der Waals surface area (Å²) in [7, 11) is 0. The van der Waals surface area contributed by atoms with Crippen LogP contribution in [0.1, 0.15) is 26.3 Å². The van der Waals surface area contributed by atoms with Gasteiger partial charge >= 0.3 is 0 Å². The summed E-state index contributed by atoms with van der Waals surface area (Å²) in [5.74, 6) is -1.68. The zero-order valence-corrected chi connectivity index (χ0v) is 16.2. The number of carboxylic acids is 1. The molecule has 7 heteroatoms. The lowest BCUT2D eigenvalue weighted by molar-refractivity contribution is -0.255. The van der Waals surface area contributed by atoms with Crippen molar-refractivity contribution < 1.29 is 24.2 Å². The average Bonchev–Trinajstić information content (AvgIpc) is 2.74. The predicted octanol–water partition coefficient (Wildman–Crippen LogP) is 2.63. The molecule has 0 saturated heterocycles. The Bertz CT molecular complexity index is 1080. The van der Waals surface area contributed by atoms with Gasteiger partial charge in [-0.3, -0.25) is 9.59 Å². The fourth-order valence-electron chi connectivity index (χ4n) is 2.75. The van der Waals surface area contributed by atoms with Crippen molar-refractivity contribution in [2.45, 2.75) is 6.92 Å². The van der Waals surface area contributed by atoms with E-state index in [0.29, 0.717) is 17.1 Å². The predicted molar refractivity (Wildman–Crippen MR) is 110 cm³/mol. The smallest absolute Gasteiger partial charge is 0.262 e. The first-order chi connectivity index (χ1) is 14.4. The van der Waals surface area contributed by atoms with Gasteiger partial charge in [0, 0.05) is 22.5 Å². The fraction of sp³-hybridized carbons (Fsp3) is 0.0870. The lowest BCUT2D eigenvalue weighted by atomic mass is 10.1. The monoisotopic (exact) mass is 403 g/mol. The molecule has 0 saturated carbocycles. The minimum Gasteiger partial charge on any atom is -0.545 e. The number of carbonyl (C=O) groups excluding carboxylic acids is 3. The summed E-state index contributed by atoms with van der Waals surface area (Å²) >= 11 is 0. The number of hydrogen-bond donors (Lipinski definition) is 2. The normalized spacial score (nSPS) is 10.2. The van der Waals surface area contributed by atoms with Gasteiger partial charge in [0.1, 0.15) is 5.75 Å². The largest absolute Gasteiger partial charge is 0.545 e. The van der Waals surface area contributed by atoms with E-state index in [1.807, 2.05) is 25.1 Å². The van der Waals surface area contributed by atoms with E-state index in [1.54, 1.807) is 36.4 Å². The number of ether oxygens (including phenoxy) is 1. The number of anilines is 2. The van der Waals surface area contributed by atoms with Gasteiger partial charge in [-0.05, 0) is 48.9 Å². The van der Waals surface area contributed by atoms with Gasteiger partial charge in [0.25, 0.3) is 11.8 Å². The summed E-state index contributed by atoms with van der Waals surface area (Å²) in [6.07, 6.45) is 0. The molecule has 0 atom stereocenters. The Labute approximate surface area is 173 Å². The van der Waals surface area contributed by atoms with Crippen molar-refractivity contribution >= 4 is 29.2 Å². The SMILES string of the molecule is Cc1ccccc1OCC(=O)Nc1ccc(NC(=O)c2ccccc2C(=O)[O-])cc1. The van der Waals surface area contributed by atoms with Crippen LogP contribution in [0.3, 0.4) is 0 Å². The van der Waals surface area contributed by atoms with Crippen LogP contribution in [0.25, 0.3) is 0 Å². The van der Waals surface area contributed by atoms with E-state index < -0.39 is 11.9 Å². The molecule has 0 aromatic heterocycles. The maximum absolute atomic E-state index is 12.4. The highest BCUT2D eigenvalue weighted by Crippen LogP contribution is 2.18. The molecule has 7 nitrogen and oxygen atoms in total. The van der Waals surface area contributed by atoms with Crippen LogP contribution in [0.2, 0.25) is 0 Å². The Morgan fingerprint density at radius 2 is 1.37 bits per heavy atom. The van der Waals surface area contributed by atoms with Gasteiger partial charge in [0.15, 0.2) is 6.61 Å². The van der Waals surface area contributed by atoms with Crippen molar-refractivity contribution in [1.29, 1.82) is 0 Å². The summed E-state index contributed by atoms with van der Waals surface area (Å²) < 4.78 is 5.50. The van der Waals surface area contributed by atoms with Gasteiger partial charge in [0.05, 0.1) is 5.97 Å². The highest BCUT2D eigenvalue weighted by molar-refractivity contribution is 6.10. The van der Waals surface area contributed by atoms with Crippen molar-refractivity contribution in [3.63, 3.8) is 0 Å². The van der Waals surface area contributed by atoms with E-state index in [1.165, 1.54) is 18.2 Å². The number of hydrogen-bond acceptors (Lipinski definition) is 5. The summed E-state index contributed by atoms with van der Waals surface area (Å²) in [6, 6.07) is 19.6. The van der Waals surface area contributed by atoms with Crippen molar-refractivity contribution in [1.82, 2.24) is 0 Å².